The molecule has 2 aromatic rings. The Morgan fingerprint density at radius 2 is 1.86 bits per heavy atom. The SMILES string of the molecule is CCN(C(=O)c1nc(C(=O)N2CCOCC2)c2n1CCCC2)c1ccccc1. The highest BCUT2D eigenvalue weighted by atomic mass is 16.5. The molecule has 28 heavy (non-hydrogen) atoms. The van der Waals surface area contributed by atoms with Crippen molar-refractivity contribution in [2.45, 2.75) is 32.7 Å². The normalized spacial score (nSPS) is 16.5. The smallest absolute Gasteiger partial charge is 0.294 e. The van der Waals surface area contributed by atoms with E-state index in [1.807, 2.05) is 41.8 Å². The number of hydrogen-bond donors (Lipinski definition) is 0. The van der Waals surface area contributed by atoms with Gasteiger partial charge in [0.15, 0.2) is 0 Å². The fourth-order valence-corrected chi connectivity index (χ4v) is 3.97. The fraction of sp³-hybridized carbons (Fsp3) is 0.476. The van der Waals surface area contributed by atoms with E-state index in [9.17, 15) is 9.59 Å². The average Bonchev–Trinajstić information content (AvgIpc) is 3.15. The number of amides is 2. The number of rotatable bonds is 4. The van der Waals surface area contributed by atoms with Crippen molar-refractivity contribution in [1.29, 1.82) is 0 Å². The van der Waals surface area contributed by atoms with Crippen molar-refractivity contribution in [2.75, 3.05) is 37.7 Å². The summed E-state index contributed by atoms with van der Waals surface area (Å²) in [5.74, 6) is 0.130. The van der Waals surface area contributed by atoms with E-state index in [0.717, 1.165) is 37.2 Å². The van der Waals surface area contributed by atoms with Crippen LogP contribution < -0.4 is 4.90 Å². The van der Waals surface area contributed by atoms with E-state index >= 15 is 0 Å². The maximum Gasteiger partial charge on any atom is 0.294 e. The zero-order valence-electron chi connectivity index (χ0n) is 16.3. The van der Waals surface area contributed by atoms with Gasteiger partial charge in [-0.25, -0.2) is 4.98 Å². The van der Waals surface area contributed by atoms with Gasteiger partial charge in [0.25, 0.3) is 11.8 Å². The minimum atomic E-state index is -0.155. The highest BCUT2D eigenvalue weighted by molar-refractivity contribution is 6.05. The molecule has 0 atom stereocenters. The Balaban J connectivity index is 1.70. The molecule has 0 N–H and O–H groups in total. The Morgan fingerprint density at radius 1 is 1.11 bits per heavy atom. The first-order valence-corrected chi connectivity index (χ1v) is 10.0. The van der Waals surface area contributed by atoms with Gasteiger partial charge in [-0.05, 0) is 38.3 Å². The summed E-state index contributed by atoms with van der Waals surface area (Å²) in [7, 11) is 0. The standard InChI is InChI=1S/C21H26N4O3/c1-2-24(16-8-4-3-5-9-16)21(27)19-22-18(17-10-6-7-11-25(17)19)20(26)23-12-14-28-15-13-23/h3-5,8-9H,2,6-7,10-15H2,1H3. The van der Waals surface area contributed by atoms with Gasteiger partial charge in [0.2, 0.25) is 5.82 Å². The van der Waals surface area contributed by atoms with Crippen LogP contribution in [0.4, 0.5) is 5.69 Å². The number of fused-ring (bicyclic) bond motifs is 1. The molecule has 1 fully saturated rings. The Labute approximate surface area is 164 Å². The molecule has 0 aliphatic carbocycles. The van der Waals surface area contributed by atoms with E-state index < -0.39 is 0 Å². The summed E-state index contributed by atoms with van der Waals surface area (Å²) < 4.78 is 7.32. The number of ether oxygens (including phenoxy) is 1. The first-order valence-electron chi connectivity index (χ1n) is 10.0. The van der Waals surface area contributed by atoms with Gasteiger partial charge in [-0.15, -0.1) is 0 Å². The molecule has 1 saturated heterocycles. The largest absolute Gasteiger partial charge is 0.378 e. The van der Waals surface area contributed by atoms with Crippen LogP contribution in [0.1, 0.15) is 46.6 Å². The van der Waals surface area contributed by atoms with Crippen LogP contribution in [-0.4, -0.2) is 59.1 Å². The van der Waals surface area contributed by atoms with E-state index in [-0.39, 0.29) is 11.8 Å². The van der Waals surface area contributed by atoms with Crippen molar-refractivity contribution in [3.05, 3.63) is 47.5 Å². The zero-order valence-corrected chi connectivity index (χ0v) is 16.3. The van der Waals surface area contributed by atoms with E-state index in [1.165, 1.54) is 0 Å². The van der Waals surface area contributed by atoms with Crippen LogP contribution in [0.5, 0.6) is 0 Å². The molecule has 2 amide bonds. The molecule has 3 heterocycles. The van der Waals surface area contributed by atoms with Crippen molar-refractivity contribution in [1.82, 2.24) is 14.5 Å². The third kappa shape index (κ3) is 3.42. The Bertz CT molecular complexity index is 856. The van der Waals surface area contributed by atoms with Gasteiger partial charge >= 0.3 is 0 Å². The summed E-state index contributed by atoms with van der Waals surface area (Å²) in [4.78, 5) is 34.5. The Hall–Kier alpha value is -2.67. The van der Waals surface area contributed by atoms with E-state index in [2.05, 4.69) is 4.98 Å². The third-order valence-electron chi connectivity index (χ3n) is 5.44. The molecule has 0 spiro atoms. The lowest BCUT2D eigenvalue weighted by atomic mass is 10.1. The minimum Gasteiger partial charge on any atom is -0.378 e. The second-order valence-electron chi connectivity index (χ2n) is 7.13. The van der Waals surface area contributed by atoms with Crippen LogP contribution >= 0.6 is 0 Å². The molecule has 4 rings (SSSR count). The molecule has 2 aliphatic rings. The highest BCUT2D eigenvalue weighted by Crippen LogP contribution is 2.25. The monoisotopic (exact) mass is 382 g/mol. The minimum absolute atomic E-state index is 0.0873. The van der Waals surface area contributed by atoms with E-state index in [1.54, 1.807) is 9.80 Å². The highest BCUT2D eigenvalue weighted by Gasteiger charge is 2.32. The summed E-state index contributed by atoms with van der Waals surface area (Å²) in [5, 5.41) is 0. The molecule has 1 aromatic heterocycles. The van der Waals surface area contributed by atoms with Crippen molar-refractivity contribution in [3.8, 4) is 0 Å². The van der Waals surface area contributed by atoms with Gasteiger partial charge in [0, 0.05) is 31.9 Å². The summed E-state index contributed by atoms with van der Waals surface area (Å²) in [6.07, 6.45) is 2.79. The molecule has 7 nitrogen and oxygen atoms in total. The van der Waals surface area contributed by atoms with Crippen molar-refractivity contribution < 1.29 is 14.3 Å². The predicted molar refractivity (Wildman–Crippen MR) is 106 cm³/mol. The van der Waals surface area contributed by atoms with Crippen LogP contribution in [0.3, 0.4) is 0 Å². The van der Waals surface area contributed by atoms with Crippen LogP contribution in [0.25, 0.3) is 0 Å². The van der Waals surface area contributed by atoms with Gasteiger partial charge in [0.1, 0.15) is 5.69 Å². The second kappa shape index (κ2) is 8.14. The third-order valence-corrected chi connectivity index (χ3v) is 5.44. The molecule has 0 bridgehead atoms. The number of hydrogen-bond acceptors (Lipinski definition) is 4. The number of anilines is 1. The lowest BCUT2D eigenvalue weighted by molar-refractivity contribution is 0.0298. The molecule has 2 aliphatic heterocycles. The predicted octanol–water partition coefficient (Wildman–Crippen LogP) is 2.36. The van der Waals surface area contributed by atoms with Gasteiger partial charge in [-0.1, -0.05) is 18.2 Å². The number of imidazole rings is 1. The topological polar surface area (TPSA) is 67.7 Å². The number of benzene rings is 1. The van der Waals surface area contributed by atoms with Crippen LogP contribution in [0, 0.1) is 0 Å². The van der Waals surface area contributed by atoms with Crippen molar-refractivity contribution in [2.24, 2.45) is 0 Å². The number of morpholine rings is 1. The van der Waals surface area contributed by atoms with Crippen LogP contribution in [0.2, 0.25) is 0 Å². The number of nitrogens with zero attached hydrogens (tertiary/aromatic N) is 4. The van der Waals surface area contributed by atoms with E-state index in [0.29, 0.717) is 44.4 Å². The fourth-order valence-electron chi connectivity index (χ4n) is 3.97. The lowest BCUT2D eigenvalue weighted by Crippen LogP contribution is -2.41. The van der Waals surface area contributed by atoms with Gasteiger partial charge < -0.3 is 19.1 Å². The maximum atomic E-state index is 13.4. The van der Waals surface area contributed by atoms with Crippen molar-refractivity contribution >= 4 is 17.5 Å². The molecular formula is C21H26N4O3. The Kier molecular flexibility index (Phi) is 5.43. The van der Waals surface area contributed by atoms with Crippen LogP contribution in [-0.2, 0) is 17.7 Å². The maximum absolute atomic E-state index is 13.4. The first-order chi connectivity index (χ1) is 13.7. The number of carbonyl (C=O) groups is 2. The summed E-state index contributed by atoms with van der Waals surface area (Å²) in [6, 6.07) is 9.60. The van der Waals surface area contributed by atoms with Gasteiger partial charge in [-0.2, -0.15) is 0 Å². The molecule has 7 heteroatoms. The number of carbonyl (C=O) groups excluding carboxylic acids is 2. The van der Waals surface area contributed by atoms with Gasteiger partial charge in [-0.3, -0.25) is 9.59 Å². The quantitative estimate of drug-likeness (QED) is 0.814. The van der Waals surface area contributed by atoms with E-state index in [4.69, 9.17) is 4.74 Å². The van der Waals surface area contributed by atoms with Crippen molar-refractivity contribution in [3.63, 3.8) is 0 Å². The van der Waals surface area contributed by atoms with Crippen LogP contribution in [0.15, 0.2) is 30.3 Å². The first kappa shape index (κ1) is 18.7. The number of para-hydroxylation sites is 1. The zero-order chi connectivity index (χ0) is 19.5. The number of aromatic nitrogens is 2. The summed E-state index contributed by atoms with van der Waals surface area (Å²) in [6.45, 7) is 5.45. The molecule has 0 radical (unpaired) electrons. The Morgan fingerprint density at radius 3 is 2.57 bits per heavy atom. The molecule has 0 unspecified atom stereocenters. The summed E-state index contributed by atoms with van der Waals surface area (Å²) in [5.41, 5.74) is 2.17. The molecular weight excluding hydrogens is 356 g/mol. The lowest BCUT2D eigenvalue weighted by Gasteiger charge is -2.26. The average molecular weight is 382 g/mol. The molecule has 148 valence electrons. The second-order valence-corrected chi connectivity index (χ2v) is 7.13. The molecule has 1 aromatic carbocycles. The molecule has 0 saturated carbocycles. The summed E-state index contributed by atoms with van der Waals surface area (Å²) >= 11 is 0. The van der Waals surface area contributed by atoms with Gasteiger partial charge in [0.05, 0.1) is 18.9 Å².